The van der Waals surface area contributed by atoms with Crippen LogP contribution >= 0.6 is 11.8 Å². The fourth-order valence-electron chi connectivity index (χ4n) is 2.88. The van der Waals surface area contributed by atoms with Crippen LogP contribution < -0.4 is 5.32 Å². The van der Waals surface area contributed by atoms with Gasteiger partial charge < -0.3 is 14.8 Å². The topological polar surface area (TPSA) is 70.5 Å². The number of aryl methyl sites for hydroxylation is 1. The Balaban J connectivity index is 1.72. The first-order chi connectivity index (χ1) is 12.3. The molecule has 2 heterocycles. The van der Waals surface area contributed by atoms with E-state index in [0.717, 1.165) is 31.2 Å². The van der Waals surface area contributed by atoms with Gasteiger partial charge in [0.2, 0.25) is 11.8 Å². The molecule has 8 heteroatoms. The predicted molar refractivity (Wildman–Crippen MR) is 104 cm³/mol. The number of nitrogens with one attached hydrogen (secondary N) is 1. The van der Waals surface area contributed by atoms with Gasteiger partial charge in [0.25, 0.3) is 0 Å². The standard InChI is InChI=1S/C18H31N5O2S/c1-5-7-23-8-6-19-17(23)26-14-16(25)22-11-9-21(10-12-22)13-15(24)20-18(2,3)4/h6,8H,5,7,9-14H2,1-4H3,(H,20,24). The first kappa shape index (κ1) is 20.8. The molecular weight excluding hydrogens is 350 g/mol. The molecule has 0 spiro atoms. The SMILES string of the molecule is CCCn1ccnc1SCC(=O)N1CCN(CC(=O)NC(C)(C)C)CC1. The molecule has 1 aromatic rings. The monoisotopic (exact) mass is 381 g/mol. The van der Waals surface area contributed by atoms with Gasteiger partial charge in [-0.1, -0.05) is 18.7 Å². The van der Waals surface area contributed by atoms with E-state index in [-0.39, 0.29) is 17.4 Å². The number of imidazole rings is 1. The average molecular weight is 382 g/mol. The number of aromatic nitrogens is 2. The van der Waals surface area contributed by atoms with Gasteiger partial charge in [-0.25, -0.2) is 4.98 Å². The van der Waals surface area contributed by atoms with Crippen molar-refractivity contribution in [3.05, 3.63) is 12.4 Å². The van der Waals surface area contributed by atoms with Crippen molar-refractivity contribution in [2.45, 2.75) is 51.4 Å². The second-order valence-electron chi connectivity index (χ2n) is 7.65. The lowest BCUT2D eigenvalue weighted by Crippen LogP contribution is -2.53. The van der Waals surface area contributed by atoms with Crippen LogP contribution in [0.5, 0.6) is 0 Å². The lowest BCUT2D eigenvalue weighted by atomic mass is 10.1. The Morgan fingerprint density at radius 2 is 1.92 bits per heavy atom. The highest BCUT2D eigenvalue weighted by Gasteiger charge is 2.24. The zero-order valence-corrected chi connectivity index (χ0v) is 17.1. The molecule has 0 saturated carbocycles. The molecule has 1 saturated heterocycles. The largest absolute Gasteiger partial charge is 0.350 e. The highest BCUT2D eigenvalue weighted by molar-refractivity contribution is 7.99. The molecule has 0 bridgehead atoms. The number of hydrogen-bond acceptors (Lipinski definition) is 5. The maximum Gasteiger partial charge on any atom is 0.234 e. The van der Waals surface area contributed by atoms with E-state index in [1.807, 2.05) is 31.9 Å². The van der Waals surface area contributed by atoms with E-state index in [9.17, 15) is 9.59 Å². The Kier molecular flexibility index (Phi) is 7.52. The van der Waals surface area contributed by atoms with Crippen LogP contribution in [0.1, 0.15) is 34.1 Å². The molecule has 2 amide bonds. The van der Waals surface area contributed by atoms with Crippen LogP contribution in [-0.4, -0.2) is 75.2 Å². The Morgan fingerprint density at radius 1 is 1.23 bits per heavy atom. The summed E-state index contributed by atoms with van der Waals surface area (Å²) < 4.78 is 2.09. The summed E-state index contributed by atoms with van der Waals surface area (Å²) in [5.41, 5.74) is -0.213. The predicted octanol–water partition coefficient (Wildman–Crippen LogP) is 1.44. The summed E-state index contributed by atoms with van der Waals surface area (Å²) in [7, 11) is 0. The van der Waals surface area contributed by atoms with E-state index < -0.39 is 0 Å². The van der Waals surface area contributed by atoms with E-state index in [2.05, 4.69) is 26.7 Å². The van der Waals surface area contributed by atoms with Crippen molar-refractivity contribution in [1.82, 2.24) is 24.7 Å². The van der Waals surface area contributed by atoms with E-state index in [0.29, 0.717) is 25.4 Å². The molecule has 0 aliphatic carbocycles. The first-order valence-corrected chi connectivity index (χ1v) is 10.2. The molecule has 0 unspecified atom stereocenters. The number of carbonyl (C=O) groups excluding carboxylic acids is 2. The second kappa shape index (κ2) is 9.41. The number of rotatable bonds is 7. The summed E-state index contributed by atoms with van der Waals surface area (Å²) in [5.74, 6) is 0.584. The maximum absolute atomic E-state index is 12.4. The molecule has 1 aromatic heterocycles. The maximum atomic E-state index is 12.4. The zero-order valence-electron chi connectivity index (χ0n) is 16.3. The number of piperazine rings is 1. The summed E-state index contributed by atoms with van der Waals surface area (Å²) in [6.45, 7) is 12.2. The molecule has 26 heavy (non-hydrogen) atoms. The van der Waals surface area contributed by atoms with Gasteiger partial charge in [0.05, 0.1) is 12.3 Å². The number of nitrogens with zero attached hydrogens (tertiary/aromatic N) is 4. The fraction of sp³-hybridized carbons (Fsp3) is 0.722. The summed E-state index contributed by atoms with van der Waals surface area (Å²) in [4.78, 5) is 32.8. The minimum Gasteiger partial charge on any atom is -0.350 e. The number of amides is 2. The highest BCUT2D eigenvalue weighted by atomic mass is 32.2. The van der Waals surface area contributed by atoms with Gasteiger partial charge in [0, 0.05) is 50.7 Å². The molecule has 1 N–H and O–H groups in total. The molecule has 1 fully saturated rings. The molecular formula is C18H31N5O2S. The fourth-order valence-corrected chi connectivity index (χ4v) is 3.77. The third-order valence-electron chi connectivity index (χ3n) is 4.07. The van der Waals surface area contributed by atoms with Crippen LogP contribution in [0.15, 0.2) is 17.6 Å². The Morgan fingerprint density at radius 3 is 2.54 bits per heavy atom. The lowest BCUT2D eigenvalue weighted by molar-refractivity contribution is -0.130. The van der Waals surface area contributed by atoms with E-state index in [1.165, 1.54) is 11.8 Å². The van der Waals surface area contributed by atoms with E-state index >= 15 is 0 Å². The molecule has 7 nitrogen and oxygen atoms in total. The van der Waals surface area contributed by atoms with Gasteiger partial charge in [-0.15, -0.1) is 0 Å². The normalized spacial score (nSPS) is 15.9. The summed E-state index contributed by atoms with van der Waals surface area (Å²) in [5, 5.41) is 3.88. The number of thioether (sulfide) groups is 1. The van der Waals surface area contributed by atoms with Crippen LogP contribution in [0.3, 0.4) is 0 Å². The van der Waals surface area contributed by atoms with Crippen molar-refractivity contribution >= 4 is 23.6 Å². The van der Waals surface area contributed by atoms with Crippen LogP contribution in [0.4, 0.5) is 0 Å². The smallest absolute Gasteiger partial charge is 0.234 e. The van der Waals surface area contributed by atoms with Crippen molar-refractivity contribution in [2.24, 2.45) is 0 Å². The number of carbonyl (C=O) groups is 2. The van der Waals surface area contributed by atoms with Crippen LogP contribution in [0.2, 0.25) is 0 Å². The molecule has 1 aliphatic rings. The van der Waals surface area contributed by atoms with Gasteiger partial charge in [-0.2, -0.15) is 0 Å². The third-order valence-corrected chi connectivity index (χ3v) is 5.06. The molecule has 0 atom stereocenters. The van der Waals surface area contributed by atoms with E-state index in [4.69, 9.17) is 0 Å². The van der Waals surface area contributed by atoms with E-state index in [1.54, 1.807) is 6.20 Å². The molecule has 0 radical (unpaired) electrons. The first-order valence-electron chi connectivity index (χ1n) is 9.23. The molecule has 0 aromatic carbocycles. The van der Waals surface area contributed by atoms with Gasteiger partial charge >= 0.3 is 0 Å². The van der Waals surface area contributed by atoms with Crippen molar-refractivity contribution in [2.75, 3.05) is 38.5 Å². The lowest BCUT2D eigenvalue weighted by Gasteiger charge is -2.34. The van der Waals surface area contributed by atoms with Gasteiger partial charge in [-0.3, -0.25) is 14.5 Å². The summed E-state index contributed by atoms with van der Waals surface area (Å²) >= 11 is 1.50. The Hall–Kier alpha value is -1.54. The van der Waals surface area contributed by atoms with Gasteiger partial charge in [0.15, 0.2) is 5.16 Å². The van der Waals surface area contributed by atoms with Crippen LogP contribution in [0, 0.1) is 0 Å². The van der Waals surface area contributed by atoms with Crippen LogP contribution in [-0.2, 0) is 16.1 Å². The molecule has 146 valence electrons. The molecule has 1 aliphatic heterocycles. The summed E-state index contributed by atoms with van der Waals surface area (Å²) in [6, 6.07) is 0. The third kappa shape index (κ3) is 6.64. The Bertz CT molecular complexity index is 603. The molecule has 2 rings (SSSR count). The quantitative estimate of drug-likeness (QED) is 0.724. The highest BCUT2D eigenvalue weighted by Crippen LogP contribution is 2.17. The number of hydrogen-bond donors (Lipinski definition) is 1. The minimum absolute atomic E-state index is 0.0376. The Labute approximate surface area is 160 Å². The van der Waals surface area contributed by atoms with Crippen molar-refractivity contribution < 1.29 is 9.59 Å². The average Bonchev–Trinajstić information content (AvgIpc) is 2.99. The zero-order chi connectivity index (χ0) is 19.2. The van der Waals surface area contributed by atoms with Gasteiger partial charge in [0.1, 0.15) is 0 Å². The van der Waals surface area contributed by atoms with Crippen LogP contribution in [0.25, 0.3) is 0 Å². The second-order valence-corrected chi connectivity index (χ2v) is 8.59. The minimum atomic E-state index is -0.213. The van der Waals surface area contributed by atoms with Crippen molar-refractivity contribution in [3.8, 4) is 0 Å². The van der Waals surface area contributed by atoms with Crippen molar-refractivity contribution in [3.63, 3.8) is 0 Å². The van der Waals surface area contributed by atoms with Gasteiger partial charge in [-0.05, 0) is 27.2 Å². The summed E-state index contributed by atoms with van der Waals surface area (Å²) in [6.07, 6.45) is 4.78. The van der Waals surface area contributed by atoms with Crippen molar-refractivity contribution in [1.29, 1.82) is 0 Å².